The van der Waals surface area contributed by atoms with Gasteiger partial charge in [-0.05, 0) is 72.0 Å². The molecule has 3 atom stereocenters. The number of phenolic OH excluding ortho intramolecular Hbond substituents is 3. The maximum Gasteiger partial charge on any atom is 0.342 e. The summed E-state index contributed by atoms with van der Waals surface area (Å²) in [5.41, 5.74) is 0.0395. The van der Waals surface area contributed by atoms with E-state index in [2.05, 4.69) is 0 Å². The number of esters is 1. The van der Waals surface area contributed by atoms with Gasteiger partial charge in [0, 0.05) is 17.0 Å². The summed E-state index contributed by atoms with van der Waals surface area (Å²) in [5.74, 6) is -4.56. The molecule has 1 spiro atoms. The van der Waals surface area contributed by atoms with Crippen molar-refractivity contribution in [3.05, 3.63) is 62.7 Å². The molecule has 0 amide bonds. The van der Waals surface area contributed by atoms with Gasteiger partial charge in [0.15, 0.2) is 12.1 Å². The van der Waals surface area contributed by atoms with E-state index in [1.165, 1.54) is 19.1 Å². The molecule has 0 saturated heterocycles. The number of carbonyl (C=O) groups excluding carboxylic acids is 4. The molecule has 176 valence electrons. The van der Waals surface area contributed by atoms with Crippen molar-refractivity contribution in [2.75, 3.05) is 6.61 Å². The third-order valence-corrected chi connectivity index (χ3v) is 7.97. The number of phenols is 3. The zero-order valence-electron chi connectivity index (χ0n) is 19.1. The Morgan fingerprint density at radius 1 is 1.00 bits per heavy atom. The number of rotatable bonds is 2. The van der Waals surface area contributed by atoms with Crippen molar-refractivity contribution in [2.24, 2.45) is 5.92 Å². The number of ketones is 2. The van der Waals surface area contributed by atoms with Gasteiger partial charge in [0.25, 0.3) is 0 Å². The first-order valence-corrected chi connectivity index (χ1v) is 11.1. The molecule has 2 aliphatic carbocycles. The minimum Gasteiger partial charge on any atom is -0.508 e. The number of aryl methyl sites for hydroxylation is 2. The van der Waals surface area contributed by atoms with E-state index >= 15 is 0 Å². The molecule has 2 bridgehead atoms. The molecule has 3 aromatic carbocycles. The first kappa shape index (κ1) is 21.3. The molecule has 6 rings (SSSR count). The number of hydrogen-bond donors (Lipinski definition) is 3. The lowest BCUT2D eigenvalue weighted by molar-refractivity contribution is -0.123. The maximum absolute atomic E-state index is 14.1. The van der Waals surface area contributed by atoms with E-state index in [1.54, 1.807) is 19.9 Å². The molecule has 0 saturated carbocycles. The van der Waals surface area contributed by atoms with Crippen molar-refractivity contribution in [3.63, 3.8) is 0 Å². The summed E-state index contributed by atoms with van der Waals surface area (Å²) in [6.45, 7) is 4.29. The second-order valence-electron chi connectivity index (χ2n) is 9.67. The van der Waals surface area contributed by atoms with Crippen LogP contribution in [0.5, 0.6) is 17.2 Å². The normalized spacial score (nSPS) is 23.6. The van der Waals surface area contributed by atoms with Crippen LogP contribution in [-0.2, 0) is 14.9 Å². The second-order valence-corrected chi connectivity index (χ2v) is 9.67. The van der Waals surface area contributed by atoms with Crippen LogP contribution in [0.3, 0.4) is 0 Å². The number of Topliss-reactive ketones (excluding diaryl/α,β-unsaturated/α-hetero) is 2. The van der Waals surface area contributed by atoms with Crippen molar-refractivity contribution in [3.8, 4) is 17.2 Å². The van der Waals surface area contributed by atoms with Crippen molar-refractivity contribution in [1.82, 2.24) is 0 Å². The third kappa shape index (κ3) is 2.22. The zero-order valence-corrected chi connectivity index (χ0v) is 19.1. The molecule has 1 aliphatic heterocycles. The van der Waals surface area contributed by atoms with Crippen molar-refractivity contribution in [2.45, 2.75) is 32.1 Å². The van der Waals surface area contributed by atoms with E-state index < -0.39 is 34.8 Å². The molecule has 0 unspecified atom stereocenters. The Bertz CT molecular complexity index is 1600. The van der Waals surface area contributed by atoms with Gasteiger partial charge in [0.2, 0.25) is 0 Å². The summed E-state index contributed by atoms with van der Waals surface area (Å²) >= 11 is 0. The van der Waals surface area contributed by atoms with E-state index in [0.717, 1.165) is 0 Å². The highest BCUT2D eigenvalue weighted by molar-refractivity contribution is 6.18. The minimum atomic E-state index is -1.47. The van der Waals surface area contributed by atoms with Gasteiger partial charge in [0.1, 0.15) is 35.2 Å². The summed E-state index contributed by atoms with van der Waals surface area (Å²) < 4.78 is 5.49. The van der Waals surface area contributed by atoms with Gasteiger partial charge in [-0.2, -0.15) is 0 Å². The fourth-order valence-corrected chi connectivity index (χ4v) is 6.72. The molecule has 1 heterocycles. The highest BCUT2D eigenvalue weighted by Crippen LogP contribution is 2.66. The average molecular weight is 472 g/mol. The van der Waals surface area contributed by atoms with Crippen LogP contribution in [-0.4, -0.2) is 45.7 Å². The van der Waals surface area contributed by atoms with Crippen LogP contribution in [0.1, 0.15) is 71.7 Å². The second kappa shape index (κ2) is 6.47. The lowest BCUT2D eigenvalue weighted by Gasteiger charge is -2.44. The molecule has 0 aromatic heterocycles. The number of hydrogen-bond acceptors (Lipinski definition) is 8. The molecular formula is C27H20O8. The smallest absolute Gasteiger partial charge is 0.342 e. The summed E-state index contributed by atoms with van der Waals surface area (Å²) in [4.78, 5) is 52.3. The highest BCUT2D eigenvalue weighted by atomic mass is 16.5. The Morgan fingerprint density at radius 2 is 1.71 bits per heavy atom. The van der Waals surface area contributed by atoms with E-state index in [0.29, 0.717) is 28.4 Å². The standard InChI is InChI=1S/C27H20O8/c1-9-4-13-12(6-15(9)30)14(7-28)24(32)23-18(13)20-21(11(3)29)27(23)8-35-26(34)19-16(31)5-10(2)17(22(19)27)25(20)33/h4-7,20-21,30-32H,8H2,1-3H3/t20-,21-,27+/m0/s1. The first-order valence-electron chi connectivity index (χ1n) is 11.1. The summed E-state index contributed by atoms with van der Waals surface area (Å²) in [6.07, 6.45) is 0.459. The Hall–Kier alpha value is -4.20. The topological polar surface area (TPSA) is 138 Å². The summed E-state index contributed by atoms with van der Waals surface area (Å²) in [6, 6.07) is 4.31. The number of carbonyl (C=O) groups is 4. The Morgan fingerprint density at radius 3 is 2.37 bits per heavy atom. The fraction of sp³-hybridized carbons (Fsp3) is 0.259. The summed E-state index contributed by atoms with van der Waals surface area (Å²) in [5, 5.41) is 33.2. The first-order chi connectivity index (χ1) is 16.6. The third-order valence-electron chi connectivity index (χ3n) is 7.97. The van der Waals surface area contributed by atoms with E-state index in [9.17, 15) is 34.5 Å². The van der Waals surface area contributed by atoms with Crippen LogP contribution in [0.15, 0.2) is 18.2 Å². The molecular weight excluding hydrogens is 452 g/mol. The number of cyclic esters (lactones) is 1. The molecule has 0 fully saturated rings. The Kier molecular flexibility index (Phi) is 3.95. The SMILES string of the molecule is CC(=O)[C@H]1[C@H]2C(=O)c3c(C)cc(O)c4c3[C@]1(COC4=O)c1c(O)c(C=O)c3cc(O)c(C)cc3c12. The quantitative estimate of drug-likeness (QED) is 0.381. The van der Waals surface area contributed by atoms with Gasteiger partial charge in [-0.25, -0.2) is 4.79 Å². The van der Waals surface area contributed by atoms with E-state index in [-0.39, 0.29) is 57.1 Å². The molecule has 35 heavy (non-hydrogen) atoms. The largest absolute Gasteiger partial charge is 0.508 e. The highest BCUT2D eigenvalue weighted by Gasteiger charge is 2.67. The Balaban J connectivity index is 1.92. The van der Waals surface area contributed by atoms with Gasteiger partial charge in [-0.1, -0.05) is 0 Å². The van der Waals surface area contributed by atoms with Gasteiger partial charge in [0.05, 0.1) is 16.9 Å². The van der Waals surface area contributed by atoms with Gasteiger partial charge in [-0.15, -0.1) is 0 Å². The van der Waals surface area contributed by atoms with E-state index in [4.69, 9.17) is 4.74 Å². The molecule has 3 aliphatic rings. The predicted octanol–water partition coefficient (Wildman–Crippen LogP) is 3.34. The fourth-order valence-electron chi connectivity index (χ4n) is 6.72. The number of aldehydes is 1. The van der Waals surface area contributed by atoms with Gasteiger partial charge < -0.3 is 20.1 Å². The van der Waals surface area contributed by atoms with Crippen LogP contribution in [0.25, 0.3) is 10.8 Å². The average Bonchev–Trinajstić information content (AvgIpc) is 3.05. The molecule has 8 nitrogen and oxygen atoms in total. The monoisotopic (exact) mass is 472 g/mol. The van der Waals surface area contributed by atoms with Gasteiger partial charge in [-0.3, -0.25) is 14.4 Å². The van der Waals surface area contributed by atoms with Crippen LogP contribution < -0.4 is 0 Å². The zero-order chi connectivity index (χ0) is 25.1. The van der Waals surface area contributed by atoms with E-state index in [1.807, 2.05) is 0 Å². The Labute approximate surface area is 198 Å². The number of ether oxygens (including phenoxy) is 1. The van der Waals surface area contributed by atoms with Crippen molar-refractivity contribution < 1.29 is 39.2 Å². The van der Waals surface area contributed by atoms with Crippen molar-refractivity contribution in [1.29, 1.82) is 0 Å². The summed E-state index contributed by atoms with van der Waals surface area (Å²) in [7, 11) is 0. The molecule has 0 radical (unpaired) electrons. The number of aromatic hydroxyl groups is 3. The number of benzene rings is 3. The van der Waals surface area contributed by atoms with Gasteiger partial charge >= 0.3 is 5.97 Å². The lowest BCUT2D eigenvalue weighted by Crippen LogP contribution is -2.51. The number of fused-ring (bicyclic) bond motifs is 5. The van der Waals surface area contributed by atoms with Crippen LogP contribution in [0.2, 0.25) is 0 Å². The van der Waals surface area contributed by atoms with Crippen LogP contribution in [0.4, 0.5) is 0 Å². The van der Waals surface area contributed by atoms with Crippen LogP contribution in [0, 0.1) is 19.8 Å². The molecule has 3 aromatic rings. The van der Waals surface area contributed by atoms with Crippen molar-refractivity contribution >= 4 is 34.6 Å². The molecule has 8 heteroatoms. The van der Waals surface area contributed by atoms with Crippen LogP contribution >= 0.6 is 0 Å². The minimum absolute atomic E-state index is 0.0912. The lowest BCUT2D eigenvalue weighted by atomic mass is 9.58. The predicted molar refractivity (Wildman–Crippen MR) is 123 cm³/mol. The maximum atomic E-state index is 14.1. The molecule has 3 N–H and O–H groups in total.